The average Bonchev–Trinajstić information content (AvgIpc) is 2.38. The van der Waals surface area contributed by atoms with Crippen molar-refractivity contribution in [3.05, 3.63) is 29.0 Å². The molecule has 0 aliphatic rings. The molecule has 5 nitrogen and oxygen atoms in total. The zero-order valence-electron chi connectivity index (χ0n) is 10.1. The fourth-order valence-electron chi connectivity index (χ4n) is 1.46. The van der Waals surface area contributed by atoms with Gasteiger partial charge in [0.2, 0.25) is 4.77 Å². The minimum Gasteiger partial charge on any atom is -0.497 e. The number of rotatable bonds is 4. The van der Waals surface area contributed by atoms with Crippen LogP contribution in [-0.2, 0) is 0 Å². The first kappa shape index (κ1) is 12.5. The van der Waals surface area contributed by atoms with E-state index in [9.17, 15) is 0 Å². The van der Waals surface area contributed by atoms with Crippen molar-refractivity contribution in [3.8, 4) is 23.1 Å². The van der Waals surface area contributed by atoms with Crippen LogP contribution in [0.2, 0.25) is 0 Å². The molecule has 0 radical (unpaired) electrons. The van der Waals surface area contributed by atoms with Crippen LogP contribution in [0.1, 0.15) is 6.92 Å². The molecule has 0 amide bonds. The number of ether oxygens (including phenoxy) is 2. The van der Waals surface area contributed by atoms with Crippen molar-refractivity contribution in [2.24, 2.45) is 0 Å². The van der Waals surface area contributed by atoms with E-state index in [4.69, 9.17) is 21.7 Å². The van der Waals surface area contributed by atoms with Crippen LogP contribution in [0.4, 0.5) is 0 Å². The molecule has 0 atom stereocenters. The summed E-state index contributed by atoms with van der Waals surface area (Å²) in [7, 11) is 1.63. The summed E-state index contributed by atoms with van der Waals surface area (Å²) in [5.41, 5.74) is 0.894. The summed E-state index contributed by atoms with van der Waals surface area (Å²) in [6.07, 6.45) is 0. The van der Waals surface area contributed by atoms with Crippen molar-refractivity contribution in [1.82, 2.24) is 15.0 Å². The van der Waals surface area contributed by atoms with Gasteiger partial charge in [0, 0.05) is 5.56 Å². The third-order valence-corrected chi connectivity index (χ3v) is 2.46. The van der Waals surface area contributed by atoms with E-state index in [0.717, 1.165) is 11.3 Å². The predicted molar refractivity (Wildman–Crippen MR) is 70.4 cm³/mol. The van der Waals surface area contributed by atoms with Crippen LogP contribution in [-0.4, -0.2) is 28.7 Å². The molecule has 0 saturated carbocycles. The number of aromatic nitrogens is 3. The normalized spacial score (nSPS) is 10.1. The zero-order chi connectivity index (χ0) is 13.0. The SMILES string of the molecule is CCOc1nc(=S)nc(-c2ccc(OC)cc2)[nH]1. The highest BCUT2D eigenvalue weighted by molar-refractivity contribution is 7.71. The second kappa shape index (κ2) is 5.59. The molecule has 6 heteroatoms. The Balaban J connectivity index is 2.39. The lowest BCUT2D eigenvalue weighted by Gasteiger charge is -2.06. The third-order valence-electron chi connectivity index (χ3n) is 2.27. The van der Waals surface area contributed by atoms with Crippen LogP contribution in [0.15, 0.2) is 24.3 Å². The first-order valence-electron chi connectivity index (χ1n) is 5.48. The van der Waals surface area contributed by atoms with Gasteiger partial charge in [-0.1, -0.05) is 0 Å². The average molecular weight is 263 g/mol. The smallest absolute Gasteiger partial charge is 0.297 e. The molecular formula is C12H13N3O2S. The van der Waals surface area contributed by atoms with Gasteiger partial charge in [0.05, 0.1) is 13.7 Å². The number of hydrogen-bond acceptors (Lipinski definition) is 5. The monoisotopic (exact) mass is 263 g/mol. The molecule has 1 N–H and O–H groups in total. The third kappa shape index (κ3) is 2.84. The van der Waals surface area contributed by atoms with Gasteiger partial charge in [-0.2, -0.15) is 4.98 Å². The Bertz CT molecular complexity index is 581. The lowest BCUT2D eigenvalue weighted by atomic mass is 10.2. The lowest BCUT2D eigenvalue weighted by molar-refractivity contribution is 0.311. The molecule has 2 rings (SSSR count). The highest BCUT2D eigenvalue weighted by atomic mass is 32.1. The molecule has 0 unspecified atom stereocenters. The molecule has 0 bridgehead atoms. The molecule has 0 fully saturated rings. The minimum absolute atomic E-state index is 0.253. The summed E-state index contributed by atoms with van der Waals surface area (Å²) < 4.78 is 10.7. The van der Waals surface area contributed by atoms with Gasteiger partial charge in [0.1, 0.15) is 11.6 Å². The number of nitrogens with one attached hydrogen (secondary N) is 1. The molecule has 0 saturated heterocycles. The standard InChI is InChI=1S/C12H13N3O2S/c1-3-17-11-13-10(14-12(18)15-11)8-4-6-9(16-2)7-5-8/h4-7H,3H2,1-2H3,(H,13,14,15,18). The minimum atomic E-state index is 0.253. The lowest BCUT2D eigenvalue weighted by Crippen LogP contribution is -2.01. The molecule has 94 valence electrons. The van der Waals surface area contributed by atoms with Crippen molar-refractivity contribution in [3.63, 3.8) is 0 Å². The summed E-state index contributed by atoms with van der Waals surface area (Å²) in [6.45, 7) is 2.40. The van der Waals surface area contributed by atoms with Crippen LogP contribution in [0.25, 0.3) is 11.4 Å². The van der Waals surface area contributed by atoms with Crippen molar-refractivity contribution in [2.45, 2.75) is 6.92 Å². The summed E-state index contributed by atoms with van der Waals surface area (Å²) in [6, 6.07) is 7.87. The number of hydrogen-bond donors (Lipinski definition) is 1. The quantitative estimate of drug-likeness (QED) is 0.859. The predicted octanol–water partition coefficient (Wildman–Crippen LogP) is 2.61. The molecule has 0 spiro atoms. The fraction of sp³-hybridized carbons (Fsp3) is 0.250. The van der Waals surface area contributed by atoms with Gasteiger partial charge in [-0.05, 0) is 43.4 Å². The molecule has 1 aromatic carbocycles. The van der Waals surface area contributed by atoms with E-state index in [1.807, 2.05) is 31.2 Å². The molecular weight excluding hydrogens is 250 g/mol. The van der Waals surface area contributed by atoms with Gasteiger partial charge < -0.3 is 9.47 Å². The van der Waals surface area contributed by atoms with Crippen LogP contribution < -0.4 is 9.47 Å². The van der Waals surface area contributed by atoms with E-state index >= 15 is 0 Å². The highest BCUT2D eigenvalue weighted by Gasteiger charge is 2.04. The second-order valence-electron chi connectivity index (χ2n) is 3.45. The van der Waals surface area contributed by atoms with Crippen molar-refractivity contribution in [1.29, 1.82) is 0 Å². The van der Waals surface area contributed by atoms with Gasteiger partial charge in [-0.25, -0.2) is 4.98 Å². The van der Waals surface area contributed by atoms with Gasteiger partial charge in [0.25, 0.3) is 6.01 Å². The topological polar surface area (TPSA) is 60.0 Å². The Kier molecular flexibility index (Phi) is 3.88. The van der Waals surface area contributed by atoms with Crippen LogP contribution >= 0.6 is 12.2 Å². The largest absolute Gasteiger partial charge is 0.497 e. The number of aromatic amines is 1. The summed E-state index contributed by atoms with van der Waals surface area (Å²) in [5, 5.41) is 0. The highest BCUT2D eigenvalue weighted by Crippen LogP contribution is 2.19. The van der Waals surface area contributed by atoms with E-state index in [1.165, 1.54) is 0 Å². The number of benzene rings is 1. The number of nitrogens with zero attached hydrogens (tertiary/aromatic N) is 2. The van der Waals surface area contributed by atoms with E-state index in [0.29, 0.717) is 18.4 Å². The van der Waals surface area contributed by atoms with Crippen LogP contribution in [0.3, 0.4) is 0 Å². The molecule has 0 aliphatic heterocycles. The Hall–Kier alpha value is -1.95. The zero-order valence-corrected chi connectivity index (χ0v) is 11.0. The Labute approximate surface area is 110 Å². The summed E-state index contributed by atoms with van der Waals surface area (Å²) >= 11 is 5.00. The number of H-pyrrole nitrogens is 1. The molecule has 18 heavy (non-hydrogen) atoms. The van der Waals surface area contributed by atoms with Crippen molar-refractivity contribution < 1.29 is 9.47 Å². The van der Waals surface area contributed by atoms with E-state index in [-0.39, 0.29) is 4.77 Å². The van der Waals surface area contributed by atoms with Gasteiger partial charge in [-0.15, -0.1) is 0 Å². The fourth-order valence-corrected chi connectivity index (χ4v) is 1.63. The van der Waals surface area contributed by atoms with Gasteiger partial charge in [-0.3, -0.25) is 4.98 Å². The summed E-state index contributed by atoms with van der Waals surface area (Å²) in [5.74, 6) is 1.41. The first-order chi connectivity index (χ1) is 8.72. The van der Waals surface area contributed by atoms with E-state index in [1.54, 1.807) is 7.11 Å². The molecule has 0 aliphatic carbocycles. The first-order valence-corrected chi connectivity index (χ1v) is 5.89. The Morgan fingerprint density at radius 2 is 1.94 bits per heavy atom. The Morgan fingerprint density at radius 1 is 1.22 bits per heavy atom. The Morgan fingerprint density at radius 3 is 2.56 bits per heavy atom. The molecule has 1 aromatic heterocycles. The van der Waals surface area contributed by atoms with Gasteiger partial charge >= 0.3 is 0 Å². The maximum Gasteiger partial charge on any atom is 0.297 e. The van der Waals surface area contributed by atoms with E-state index in [2.05, 4.69) is 15.0 Å². The number of methoxy groups -OCH3 is 1. The van der Waals surface area contributed by atoms with Crippen LogP contribution in [0.5, 0.6) is 11.8 Å². The molecule has 1 heterocycles. The van der Waals surface area contributed by atoms with E-state index < -0.39 is 0 Å². The van der Waals surface area contributed by atoms with Crippen LogP contribution in [0, 0.1) is 4.77 Å². The van der Waals surface area contributed by atoms with Crippen molar-refractivity contribution in [2.75, 3.05) is 13.7 Å². The second-order valence-corrected chi connectivity index (χ2v) is 3.81. The molecule has 2 aromatic rings. The van der Waals surface area contributed by atoms with Gasteiger partial charge in [0.15, 0.2) is 0 Å². The maximum absolute atomic E-state index is 5.30. The maximum atomic E-state index is 5.30. The van der Waals surface area contributed by atoms with Crippen molar-refractivity contribution >= 4 is 12.2 Å². The summed E-state index contributed by atoms with van der Waals surface area (Å²) in [4.78, 5) is 11.1.